The summed E-state index contributed by atoms with van der Waals surface area (Å²) < 4.78 is 6.67. The number of allylic oxidation sites excluding steroid dienone is 2. The van der Waals surface area contributed by atoms with Gasteiger partial charge in [-0.05, 0) is 60.6 Å². The van der Waals surface area contributed by atoms with Crippen molar-refractivity contribution in [3.63, 3.8) is 0 Å². The lowest BCUT2D eigenvalue weighted by molar-refractivity contribution is 0.142. The Balaban J connectivity index is 1.62. The molecule has 4 aliphatic rings. The van der Waals surface area contributed by atoms with E-state index in [0.717, 1.165) is 18.7 Å². The van der Waals surface area contributed by atoms with E-state index in [1.165, 1.54) is 25.7 Å². The van der Waals surface area contributed by atoms with Crippen molar-refractivity contribution in [3.8, 4) is 0 Å². The molecule has 1 radical (unpaired) electrons. The second-order valence-corrected chi connectivity index (χ2v) is 15.1. The van der Waals surface area contributed by atoms with Crippen molar-refractivity contribution >= 4 is 21.9 Å². The van der Waals surface area contributed by atoms with E-state index in [9.17, 15) is 4.79 Å². The summed E-state index contributed by atoms with van der Waals surface area (Å²) in [5.41, 5.74) is 0.417. The first-order valence-corrected chi connectivity index (χ1v) is 13.0. The van der Waals surface area contributed by atoms with E-state index in [1.54, 1.807) is 0 Å². The van der Waals surface area contributed by atoms with Crippen LogP contribution in [0.2, 0.25) is 18.1 Å². The molecule has 1 spiro atoms. The van der Waals surface area contributed by atoms with Crippen LogP contribution in [0, 0.1) is 23.2 Å². The van der Waals surface area contributed by atoms with E-state index >= 15 is 0 Å². The van der Waals surface area contributed by atoms with Gasteiger partial charge >= 0.3 is 0 Å². The summed E-state index contributed by atoms with van der Waals surface area (Å²) in [6.45, 7) is 12.4. The predicted octanol–water partition coefficient (Wildman–Crippen LogP) is 3.86. The van der Waals surface area contributed by atoms with Crippen molar-refractivity contribution in [1.82, 2.24) is 4.81 Å². The molecule has 4 rings (SSSR count). The Hall–Kier alpha value is -0.388. The van der Waals surface area contributed by atoms with Gasteiger partial charge in [0, 0.05) is 18.7 Å². The number of fused-ring (bicyclic) bond motifs is 3. The third-order valence-electron chi connectivity index (χ3n) is 8.41. The minimum absolute atomic E-state index is 0.229. The molecule has 3 nitrogen and oxygen atoms in total. The zero-order chi connectivity index (χ0) is 18.0. The topological polar surface area (TPSA) is 29.5 Å². The molecule has 3 fully saturated rings. The van der Waals surface area contributed by atoms with Gasteiger partial charge in [-0.25, -0.2) is 0 Å². The first-order valence-electron chi connectivity index (χ1n) is 10.1. The zero-order valence-corrected chi connectivity index (χ0v) is 17.5. The Kier molecular flexibility index (Phi) is 4.18. The number of carbonyl (C=O) groups is 1. The summed E-state index contributed by atoms with van der Waals surface area (Å²) in [6.07, 6.45) is 11.2. The maximum Gasteiger partial charge on any atom is 0.293 e. The summed E-state index contributed by atoms with van der Waals surface area (Å²) in [6, 6.07) is 0.931. The van der Waals surface area contributed by atoms with Crippen molar-refractivity contribution < 1.29 is 9.22 Å². The average molecular weight is 358 g/mol. The molecular weight excluding hydrogens is 325 g/mol. The lowest BCUT2D eigenvalue weighted by atomic mass is 9.66. The van der Waals surface area contributed by atoms with Crippen molar-refractivity contribution in [3.05, 3.63) is 12.2 Å². The molecule has 1 saturated heterocycles. The van der Waals surface area contributed by atoms with E-state index in [-0.39, 0.29) is 5.04 Å². The summed E-state index contributed by atoms with van der Waals surface area (Å²) in [5.74, 6) is 2.11. The summed E-state index contributed by atoms with van der Waals surface area (Å²) in [5, 5.41) is 0.229. The lowest BCUT2D eigenvalue weighted by Crippen LogP contribution is -2.49. The van der Waals surface area contributed by atoms with Crippen LogP contribution in [0.4, 0.5) is 0 Å². The second-order valence-electron chi connectivity index (χ2n) is 10.3. The van der Waals surface area contributed by atoms with Crippen molar-refractivity contribution in [2.45, 2.75) is 76.7 Å². The van der Waals surface area contributed by atoms with E-state index in [2.05, 4.69) is 50.8 Å². The molecule has 0 aromatic heterocycles. The third kappa shape index (κ3) is 2.41. The highest BCUT2D eigenvalue weighted by Gasteiger charge is 2.69. The maximum atomic E-state index is 11.4. The highest BCUT2D eigenvalue weighted by Crippen LogP contribution is 2.69. The van der Waals surface area contributed by atoms with Gasteiger partial charge in [0.1, 0.15) is 0 Å². The largest absolute Gasteiger partial charge is 0.415 e. The average Bonchev–Trinajstić information content (AvgIpc) is 3.23. The van der Waals surface area contributed by atoms with E-state index in [1.807, 2.05) is 7.41 Å². The molecule has 6 atom stereocenters. The zero-order valence-electron chi connectivity index (χ0n) is 16.5. The minimum atomic E-state index is -1.78. The van der Waals surface area contributed by atoms with Gasteiger partial charge in [-0.1, -0.05) is 39.3 Å². The van der Waals surface area contributed by atoms with Gasteiger partial charge < -0.3 is 14.0 Å². The van der Waals surface area contributed by atoms with Crippen LogP contribution >= 0.6 is 0 Å². The molecule has 1 heterocycles. The quantitative estimate of drug-likeness (QED) is 0.425. The molecule has 3 aliphatic carbocycles. The van der Waals surface area contributed by atoms with Crippen molar-refractivity contribution in [2.75, 3.05) is 6.61 Å². The first kappa shape index (κ1) is 18.0. The molecule has 0 N–H and O–H groups in total. The van der Waals surface area contributed by atoms with Crippen molar-refractivity contribution in [1.29, 1.82) is 0 Å². The summed E-state index contributed by atoms with van der Waals surface area (Å²) >= 11 is 0. The normalized spacial score (nSPS) is 42.7. The van der Waals surface area contributed by atoms with E-state index < -0.39 is 8.32 Å². The van der Waals surface area contributed by atoms with Gasteiger partial charge in [0.2, 0.25) is 0 Å². The fourth-order valence-electron chi connectivity index (χ4n) is 6.37. The Morgan fingerprint density at radius 1 is 1.36 bits per heavy atom. The molecule has 1 aliphatic heterocycles. The molecule has 0 aromatic rings. The van der Waals surface area contributed by atoms with Crippen LogP contribution in [0.1, 0.15) is 46.5 Å². The molecule has 25 heavy (non-hydrogen) atoms. The number of hydrogen-bond donors (Lipinski definition) is 0. The second kappa shape index (κ2) is 5.80. The predicted molar refractivity (Wildman–Crippen MR) is 106 cm³/mol. The minimum Gasteiger partial charge on any atom is -0.415 e. The number of hydrogen-bond acceptors (Lipinski definition) is 3. The molecule has 5 heteroatoms. The summed E-state index contributed by atoms with van der Waals surface area (Å²) in [7, 11) is 0.0671. The monoisotopic (exact) mass is 358 g/mol. The molecule has 2 bridgehead atoms. The van der Waals surface area contributed by atoms with Gasteiger partial charge in [0.15, 0.2) is 8.32 Å². The third-order valence-corrected chi connectivity index (χ3v) is 12.9. The van der Waals surface area contributed by atoms with Gasteiger partial charge in [0.25, 0.3) is 7.41 Å². The molecule has 137 valence electrons. The molecule has 2 saturated carbocycles. The van der Waals surface area contributed by atoms with Crippen LogP contribution in [-0.2, 0) is 9.22 Å². The van der Waals surface area contributed by atoms with Crippen LogP contribution in [0.15, 0.2) is 12.2 Å². The highest BCUT2D eigenvalue weighted by molar-refractivity contribution is 6.74. The Labute approximate surface area is 155 Å². The SMILES string of the molecule is CC(C)(C)[Si](C)(C)OCC1C2C3C=CC(C3)C23CCCC3N1[B]C=O. The van der Waals surface area contributed by atoms with Gasteiger partial charge in [-0.15, -0.1) is 0 Å². The van der Waals surface area contributed by atoms with Crippen LogP contribution in [0.5, 0.6) is 0 Å². The van der Waals surface area contributed by atoms with E-state index in [0.29, 0.717) is 29.3 Å². The van der Waals surface area contributed by atoms with Crippen LogP contribution in [0.3, 0.4) is 0 Å². The van der Waals surface area contributed by atoms with E-state index in [4.69, 9.17) is 4.43 Å². The standard InChI is InChI=1S/C20H33BNO2Si/c1-19(2,3)25(4,5)24-12-16-18-14-8-9-15(11-14)20(18)10-6-7-17(20)22(16)21-13-23/h8-9,13-18H,6-7,10-12H2,1-5H3. The first-order chi connectivity index (χ1) is 11.7. The van der Waals surface area contributed by atoms with Crippen LogP contribution in [-0.4, -0.2) is 45.4 Å². The molecule has 0 aromatic carbocycles. The highest BCUT2D eigenvalue weighted by atomic mass is 28.4. The maximum absolute atomic E-state index is 11.4. The number of nitrogens with zero attached hydrogens (tertiary/aromatic N) is 1. The smallest absolute Gasteiger partial charge is 0.293 e. The molecular formula is C20H33BNO2Si. The Morgan fingerprint density at radius 2 is 2.12 bits per heavy atom. The fraction of sp³-hybridized carbons (Fsp3) is 0.850. The Bertz CT molecular complexity index is 587. The van der Waals surface area contributed by atoms with Crippen molar-refractivity contribution in [2.24, 2.45) is 23.2 Å². The van der Waals surface area contributed by atoms with Gasteiger partial charge in [-0.2, -0.15) is 0 Å². The Morgan fingerprint density at radius 3 is 2.80 bits per heavy atom. The van der Waals surface area contributed by atoms with Gasteiger partial charge in [0.05, 0.1) is 6.19 Å². The lowest BCUT2D eigenvalue weighted by Gasteiger charge is -2.40. The number of carbonyl (C=O) groups excluding carboxylic acids is 1. The number of rotatable bonds is 5. The molecule has 0 amide bonds. The van der Waals surface area contributed by atoms with Crippen LogP contribution < -0.4 is 0 Å². The van der Waals surface area contributed by atoms with Gasteiger partial charge in [-0.3, -0.25) is 0 Å². The van der Waals surface area contributed by atoms with Crippen LogP contribution in [0.25, 0.3) is 0 Å². The molecule has 6 unspecified atom stereocenters. The summed E-state index contributed by atoms with van der Waals surface area (Å²) in [4.78, 5) is 13.8. The fourth-order valence-corrected chi connectivity index (χ4v) is 7.39.